The van der Waals surface area contributed by atoms with Crippen LogP contribution in [0.15, 0.2) is 0 Å². The molecule has 0 aromatic rings. The van der Waals surface area contributed by atoms with Gasteiger partial charge in [0, 0.05) is 25.7 Å². The largest absolute Gasteiger partial charge is 0.472 e. The molecule has 17 nitrogen and oxygen atoms in total. The third kappa shape index (κ3) is 68.6. The number of unbranched alkanes of at least 4 members (excludes halogenated alkanes) is 41. The molecule has 0 spiro atoms. The molecule has 0 rings (SSSR count). The fourth-order valence-electron chi connectivity index (χ4n) is 11.4. The van der Waals surface area contributed by atoms with Crippen molar-refractivity contribution in [1.29, 1.82) is 0 Å². The number of hydrogen-bond acceptors (Lipinski definition) is 15. The number of phosphoric ester groups is 2. The van der Waals surface area contributed by atoms with E-state index in [0.717, 1.165) is 102 Å². The van der Waals surface area contributed by atoms with Gasteiger partial charge in [-0.1, -0.05) is 331 Å². The van der Waals surface area contributed by atoms with Crippen LogP contribution >= 0.6 is 15.6 Å². The number of hydrogen-bond donors (Lipinski definition) is 3. The van der Waals surface area contributed by atoms with E-state index in [4.69, 9.17) is 37.0 Å². The van der Waals surface area contributed by atoms with Gasteiger partial charge in [-0.3, -0.25) is 37.3 Å². The molecule has 2 unspecified atom stereocenters. The van der Waals surface area contributed by atoms with Crippen LogP contribution in [0.3, 0.4) is 0 Å². The maximum atomic E-state index is 13.1. The van der Waals surface area contributed by atoms with Crippen molar-refractivity contribution in [1.82, 2.24) is 0 Å². The van der Waals surface area contributed by atoms with Gasteiger partial charge in [0.2, 0.25) is 0 Å². The minimum atomic E-state index is -4.96. The number of phosphoric acid groups is 2. The summed E-state index contributed by atoms with van der Waals surface area (Å²) < 4.78 is 68.4. The molecule has 0 heterocycles. The van der Waals surface area contributed by atoms with Crippen LogP contribution in [0.25, 0.3) is 0 Å². The van der Waals surface area contributed by atoms with Crippen molar-refractivity contribution in [2.45, 2.75) is 401 Å². The Morgan fingerprint density at radius 1 is 0.287 bits per heavy atom. The molecule has 0 aliphatic rings. The second kappa shape index (κ2) is 65.7. The molecule has 0 fully saturated rings. The molecule has 0 amide bonds. The third-order valence-corrected chi connectivity index (χ3v) is 19.3. The summed E-state index contributed by atoms with van der Waals surface area (Å²) in [6, 6.07) is 0. The lowest BCUT2D eigenvalue weighted by Crippen LogP contribution is -2.30. The standard InChI is InChI=1S/C75H146O17P2/c1-8-9-10-11-12-13-14-15-16-17-18-19-20-21-22-23-24-29-36-44-51-58-74(79)91-70(62-85-72(77)56-49-42-35-28-26-25-27-32-39-46-53-66(2)3)64-89-93(81,82)87-60-69(76)61-88-94(83,84)90-65-71(92-75(80)59-52-45-38-31-34-41-48-55-68(6)7)63-86-73(78)57-50-43-37-30-33-40-47-54-67(4)5/h66-71,76H,8-65H2,1-7H3,(H,81,82)(H,83,84)/t69-,70-,71-/m1/s1. The molecule has 0 aliphatic carbocycles. The first-order valence-corrected chi connectivity index (χ1v) is 41.8. The fraction of sp³-hybridized carbons (Fsp3) is 0.947. The predicted octanol–water partition coefficient (Wildman–Crippen LogP) is 21.8. The zero-order chi connectivity index (χ0) is 69.4. The molecule has 0 radical (unpaired) electrons. The van der Waals surface area contributed by atoms with E-state index in [-0.39, 0.29) is 25.7 Å². The molecule has 0 saturated carbocycles. The first-order chi connectivity index (χ1) is 45.2. The van der Waals surface area contributed by atoms with Gasteiger partial charge in [-0.2, -0.15) is 0 Å². The highest BCUT2D eigenvalue weighted by molar-refractivity contribution is 7.47. The van der Waals surface area contributed by atoms with Crippen LogP contribution in [0.5, 0.6) is 0 Å². The summed E-state index contributed by atoms with van der Waals surface area (Å²) in [5.74, 6) is 0.0345. The van der Waals surface area contributed by atoms with E-state index in [9.17, 15) is 43.2 Å². The summed E-state index contributed by atoms with van der Waals surface area (Å²) in [4.78, 5) is 72.7. The third-order valence-electron chi connectivity index (χ3n) is 17.4. The lowest BCUT2D eigenvalue weighted by Gasteiger charge is -2.21. The lowest BCUT2D eigenvalue weighted by molar-refractivity contribution is -0.161. The van der Waals surface area contributed by atoms with Crippen LogP contribution < -0.4 is 0 Å². The summed E-state index contributed by atoms with van der Waals surface area (Å²) in [6.07, 6.45) is 51.7. The number of esters is 4. The maximum absolute atomic E-state index is 13.1. The van der Waals surface area contributed by atoms with E-state index < -0.39 is 97.5 Å². The second-order valence-corrected chi connectivity index (χ2v) is 31.4. The Balaban J connectivity index is 5.19. The van der Waals surface area contributed by atoms with Crippen LogP contribution in [0.4, 0.5) is 0 Å². The maximum Gasteiger partial charge on any atom is 0.472 e. The summed E-state index contributed by atoms with van der Waals surface area (Å²) in [5.41, 5.74) is 0. The van der Waals surface area contributed by atoms with Gasteiger partial charge in [0.15, 0.2) is 12.2 Å². The quantitative estimate of drug-likeness (QED) is 0.0222. The lowest BCUT2D eigenvalue weighted by atomic mass is 10.0. The first-order valence-electron chi connectivity index (χ1n) is 38.8. The summed E-state index contributed by atoms with van der Waals surface area (Å²) in [5, 5.41) is 10.6. The molecule has 94 heavy (non-hydrogen) atoms. The van der Waals surface area contributed by atoms with E-state index in [1.807, 2.05) is 0 Å². The van der Waals surface area contributed by atoms with Gasteiger partial charge in [-0.15, -0.1) is 0 Å². The molecule has 0 aromatic heterocycles. The Bertz CT molecular complexity index is 1840. The molecule has 5 atom stereocenters. The van der Waals surface area contributed by atoms with E-state index in [1.165, 1.54) is 186 Å². The molecular weight excluding hydrogens is 1230 g/mol. The normalized spacial score (nSPS) is 14.1. The monoisotopic (exact) mass is 1380 g/mol. The minimum Gasteiger partial charge on any atom is -0.462 e. The topological polar surface area (TPSA) is 237 Å². The molecule has 0 saturated heterocycles. The van der Waals surface area contributed by atoms with Crippen LogP contribution in [-0.2, 0) is 65.4 Å². The Hall–Kier alpha value is -1.94. The highest BCUT2D eigenvalue weighted by Crippen LogP contribution is 2.45. The summed E-state index contributed by atoms with van der Waals surface area (Å²) >= 11 is 0. The Labute approximate surface area is 575 Å². The zero-order valence-corrected chi connectivity index (χ0v) is 63.2. The van der Waals surface area contributed by atoms with E-state index in [0.29, 0.717) is 37.5 Å². The molecule has 0 aliphatic heterocycles. The number of ether oxygens (including phenoxy) is 4. The van der Waals surface area contributed by atoms with E-state index >= 15 is 0 Å². The number of aliphatic hydroxyl groups is 1. The summed E-state index contributed by atoms with van der Waals surface area (Å²) in [6.45, 7) is 11.8. The van der Waals surface area contributed by atoms with Gasteiger partial charge in [-0.25, -0.2) is 9.13 Å². The van der Waals surface area contributed by atoms with Crippen molar-refractivity contribution in [3.05, 3.63) is 0 Å². The Morgan fingerprint density at radius 3 is 0.723 bits per heavy atom. The van der Waals surface area contributed by atoms with Crippen molar-refractivity contribution >= 4 is 39.5 Å². The average molecular weight is 1380 g/mol. The van der Waals surface area contributed by atoms with Crippen LogP contribution in [0.1, 0.15) is 382 Å². The highest BCUT2D eigenvalue weighted by Gasteiger charge is 2.30. The molecule has 3 N–H and O–H groups in total. The SMILES string of the molecule is CCCCCCCCCCCCCCCCCCCCCCCC(=O)O[C@H](COC(=O)CCCCCCCCCCCCC(C)C)COP(=O)(O)OC[C@@H](O)COP(=O)(O)OC[C@@H](COC(=O)CCCCCCCCCC(C)C)OC(=O)CCCCCCCCCC(C)C. The zero-order valence-electron chi connectivity index (χ0n) is 61.4. The van der Waals surface area contributed by atoms with Crippen molar-refractivity contribution in [2.75, 3.05) is 39.6 Å². The number of rotatable bonds is 73. The van der Waals surface area contributed by atoms with Gasteiger partial charge in [-0.05, 0) is 43.4 Å². The first kappa shape index (κ1) is 92.1. The molecule has 558 valence electrons. The van der Waals surface area contributed by atoms with Gasteiger partial charge in [0.1, 0.15) is 19.3 Å². The molecule has 0 bridgehead atoms. The smallest absolute Gasteiger partial charge is 0.462 e. The Morgan fingerprint density at radius 2 is 0.489 bits per heavy atom. The molecule has 0 aromatic carbocycles. The summed E-state index contributed by atoms with van der Waals surface area (Å²) in [7, 11) is -9.91. The van der Waals surface area contributed by atoms with Crippen molar-refractivity contribution in [2.24, 2.45) is 17.8 Å². The van der Waals surface area contributed by atoms with Gasteiger partial charge < -0.3 is 33.8 Å². The predicted molar refractivity (Wildman–Crippen MR) is 381 cm³/mol. The van der Waals surface area contributed by atoms with Crippen molar-refractivity contribution in [3.63, 3.8) is 0 Å². The minimum absolute atomic E-state index is 0.103. The van der Waals surface area contributed by atoms with Crippen LogP contribution in [0.2, 0.25) is 0 Å². The number of aliphatic hydroxyl groups excluding tert-OH is 1. The van der Waals surface area contributed by atoms with Crippen LogP contribution in [-0.4, -0.2) is 96.7 Å². The van der Waals surface area contributed by atoms with Gasteiger partial charge in [0.05, 0.1) is 26.4 Å². The van der Waals surface area contributed by atoms with Crippen LogP contribution in [0, 0.1) is 17.8 Å². The van der Waals surface area contributed by atoms with Gasteiger partial charge in [0.25, 0.3) is 0 Å². The number of carbonyl (C=O) groups excluding carboxylic acids is 4. The highest BCUT2D eigenvalue weighted by atomic mass is 31.2. The Kier molecular flexibility index (Phi) is 64.3. The van der Waals surface area contributed by atoms with Crippen molar-refractivity contribution < 1.29 is 80.2 Å². The van der Waals surface area contributed by atoms with E-state index in [2.05, 4.69) is 48.5 Å². The van der Waals surface area contributed by atoms with E-state index in [1.54, 1.807) is 0 Å². The second-order valence-electron chi connectivity index (χ2n) is 28.5. The molecule has 19 heteroatoms. The number of carbonyl (C=O) groups is 4. The van der Waals surface area contributed by atoms with Crippen molar-refractivity contribution in [3.8, 4) is 0 Å². The molecular formula is C75H146O17P2. The average Bonchev–Trinajstić information content (AvgIpc) is 1.29. The van der Waals surface area contributed by atoms with Gasteiger partial charge >= 0.3 is 39.5 Å². The fourth-order valence-corrected chi connectivity index (χ4v) is 13.0.